The van der Waals surface area contributed by atoms with Crippen LogP contribution in [-0.2, 0) is 15.0 Å². The van der Waals surface area contributed by atoms with Gasteiger partial charge in [-0.1, -0.05) is 51.8 Å². The van der Waals surface area contributed by atoms with Gasteiger partial charge >= 0.3 is 0 Å². The highest BCUT2D eigenvalue weighted by atomic mass is 16.2. The SMILES string of the molecule is CNC(=O)C1CCCCC1NCC(=O)Nc1cc(C(C)(C)C)nn1-c1ccccc1. The number of anilines is 1. The van der Waals surface area contributed by atoms with Crippen LogP contribution in [0.5, 0.6) is 0 Å². The molecule has 0 radical (unpaired) electrons. The minimum absolute atomic E-state index is 0.0219. The molecule has 0 spiro atoms. The Bertz CT molecular complexity index is 869. The lowest BCUT2D eigenvalue weighted by Gasteiger charge is -2.30. The van der Waals surface area contributed by atoms with Gasteiger partial charge in [0, 0.05) is 24.6 Å². The lowest BCUT2D eigenvalue weighted by Crippen LogP contribution is -2.47. The van der Waals surface area contributed by atoms with Crippen molar-refractivity contribution in [2.75, 3.05) is 18.9 Å². The predicted molar refractivity (Wildman–Crippen MR) is 119 cm³/mol. The van der Waals surface area contributed by atoms with Gasteiger partial charge in [0.2, 0.25) is 11.8 Å². The zero-order valence-electron chi connectivity index (χ0n) is 18.4. The molecule has 1 fully saturated rings. The maximum absolute atomic E-state index is 12.7. The van der Waals surface area contributed by atoms with E-state index in [-0.39, 0.29) is 35.7 Å². The fourth-order valence-corrected chi connectivity index (χ4v) is 3.89. The fourth-order valence-electron chi connectivity index (χ4n) is 3.89. The summed E-state index contributed by atoms with van der Waals surface area (Å²) in [6.45, 7) is 6.45. The maximum atomic E-state index is 12.7. The van der Waals surface area contributed by atoms with Crippen LogP contribution in [0.2, 0.25) is 0 Å². The number of benzene rings is 1. The highest BCUT2D eigenvalue weighted by molar-refractivity contribution is 5.92. The molecule has 2 aromatic rings. The summed E-state index contributed by atoms with van der Waals surface area (Å²) >= 11 is 0. The highest BCUT2D eigenvalue weighted by Gasteiger charge is 2.30. The largest absolute Gasteiger partial charge is 0.359 e. The van der Waals surface area contributed by atoms with Crippen LogP contribution >= 0.6 is 0 Å². The summed E-state index contributed by atoms with van der Waals surface area (Å²) in [5.41, 5.74) is 1.66. The molecule has 162 valence electrons. The Morgan fingerprint density at radius 3 is 2.50 bits per heavy atom. The zero-order valence-corrected chi connectivity index (χ0v) is 18.4. The summed E-state index contributed by atoms with van der Waals surface area (Å²) in [7, 11) is 1.66. The van der Waals surface area contributed by atoms with E-state index in [2.05, 4.69) is 36.7 Å². The summed E-state index contributed by atoms with van der Waals surface area (Å²) in [5, 5.41) is 13.8. The summed E-state index contributed by atoms with van der Waals surface area (Å²) in [6, 6.07) is 11.7. The first-order chi connectivity index (χ1) is 14.3. The summed E-state index contributed by atoms with van der Waals surface area (Å²) in [6.07, 6.45) is 3.88. The molecule has 1 heterocycles. The topological polar surface area (TPSA) is 88.1 Å². The van der Waals surface area contributed by atoms with Gasteiger partial charge in [0.15, 0.2) is 0 Å². The Kier molecular flexibility index (Phi) is 6.92. The van der Waals surface area contributed by atoms with Crippen molar-refractivity contribution in [2.45, 2.75) is 57.9 Å². The van der Waals surface area contributed by atoms with Gasteiger partial charge in [-0.05, 0) is 25.0 Å². The number of hydrogen-bond acceptors (Lipinski definition) is 4. The molecule has 1 saturated carbocycles. The smallest absolute Gasteiger partial charge is 0.239 e. The Hall–Kier alpha value is -2.67. The molecule has 2 atom stereocenters. The van der Waals surface area contributed by atoms with Crippen molar-refractivity contribution in [3.05, 3.63) is 42.1 Å². The lowest BCUT2D eigenvalue weighted by atomic mass is 9.84. The molecule has 30 heavy (non-hydrogen) atoms. The number of carbonyl (C=O) groups excluding carboxylic acids is 2. The van der Waals surface area contributed by atoms with Crippen molar-refractivity contribution >= 4 is 17.6 Å². The third kappa shape index (κ3) is 5.27. The van der Waals surface area contributed by atoms with Crippen molar-refractivity contribution in [1.29, 1.82) is 0 Å². The molecule has 1 aromatic heterocycles. The van der Waals surface area contributed by atoms with E-state index in [1.165, 1.54) is 0 Å². The van der Waals surface area contributed by atoms with Crippen molar-refractivity contribution in [2.24, 2.45) is 5.92 Å². The van der Waals surface area contributed by atoms with Gasteiger partial charge < -0.3 is 16.0 Å². The van der Waals surface area contributed by atoms with E-state index in [1.807, 2.05) is 36.4 Å². The normalized spacial score (nSPS) is 19.3. The fraction of sp³-hybridized carbons (Fsp3) is 0.522. The summed E-state index contributed by atoms with van der Waals surface area (Å²) < 4.78 is 1.77. The number of aromatic nitrogens is 2. The van der Waals surface area contributed by atoms with Gasteiger partial charge in [0.25, 0.3) is 0 Å². The Labute approximate surface area is 178 Å². The van der Waals surface area contributed by atoms with Crippen LogP contribution in [0, 0.1) is 5.92 Å². The number of amides is 2. The van der Waals surface area contributed by atoms with Gasteiger partial charge in [0.05, 0.1) is 23.8 Å². The van der Waals surface area contributed by atoms with Crippen LogP contribution in [0.25, 0.3) is 5.69 Å². The third-order valence-corrected chi connectivity index (χ3v) is 5.62. The Morgan fingerprint density at radius 2 is 1.83 bits per heavy atom. The second kappa shape index (κ2) is 9.43. The maximum Gasteiger partial charge on any atom is 0.239 e. The molecule has 1 aliphatic rings. The number of carbonyl (C=O) groups is 2. The number of hydrogen-bond donors (Lipinski definition) is 3. The van der Waals surface area contributed by atoms with Crippen LogP contribution < -0.4 is 16.0 Å². The first-order valence-corrected chi connectivity index (χ1v) is 10.7. The molecule has 1 aliphatic carbocycles. The first kappa shape index (κ1) is 22.0. The molecular weight excluding hydrogens is 378 g/mol. The van der Waals surface area contributed by atoms with Crippen LogP contribution in [0.4, 0.5) is 5.82 Å². The average Bonchev–Trinajstić information content (AvgIpc) is 3.17. The van der Waals surface area contributed by atoms with Crippen molar-refractivity contribution in [1.82, 2.24) is 20.4 Å². The molecule has 0 bridgehead atoms. The van der Waals surface area contributed by atoms with Gasteiger partial charge in [0.1, 0.15) is 5.82 Å². The van der Waals surface area contributed by atoms with Crippen molar-refractivity contribution in [3.8, 4) is 5.69 Å². The second-order valence-corrected chi connectivity index (χ2v) is 8.95. The molecule has 1 aromatic carbocycles. The average molecular weight is 412 g/mol. The molecule has 3 rings (SSSR count). The molecule has 0 saturated heterocycles. The van der Waals surface area contributed by atoms with E-state index >= 15 is 0 Å². The van der Waals surface area contributed by atoms with Gasteiger partial charge in [-0.2, -0.15) is 5.10 Å². The second-order valence-electron chi connectivity index (χ2n) is 8.95. The number of rotatable bonds is 6. The lowest BCUT2D eigenvalue weighted by molar-refractivity contribution is -0.126. The van der Waals surface area contributed by atoms with E-state index in [0.29, 0.717) is 5.82 Å². The summed E-state index contributed by atoms with van der Waals surface area (Å²) in [4.78, 5) is 24.9. The Balaban J connectivity index is 1.71. The minimum Gasteiger partial charge on any atom is -0.359 e. The highest BCUT2D eigenvalue weighted by Crippen LogP contribution is 2.27. The van der Waals surface area contributed by atoms with E-state index in [9.17, 15) is 9.59 Å². The van der Waals surface area contributed by atoms with Crippen molar-refractivity contribution in [3.63, 3.8) is 0 Å². The first-order valence-electron chi connectivity index (χ1n) is 10.7. The van der Waals surface area contributed by atoms with Gasteiger partial charge in [-0.25, -0.2) is 4.68 Å². The van der Waals surface area contributed by atoms with Crippen LogP contribution in [-0.4, -0.2) is 41.2 Å². The van der Waals surface area contributed by atoms with E-state index in [0.717, 1.165) is 37.1 Å². The Morgan fingerprint density at radius 1 is 1.13 bits per heavy atom. The molecule has 3 N–H and O–H groups in total. The molecular formula is C23H33N5O2. The monoisotopic (exact) mass is 411 g/mol. The van der Waals surface area contributed by atoms with Crippen molar-refractivity contribution < 1.29 is 9.59 Å². The van der Waals surface area contributed by atoms with Gasteiger partial charge in [-0.15, -0.1) is 0 Å². The van der Waals surface area contributed by atoms with E-state index < -0.39 is 0 Å². The predicted octanol–water partition coefficient (Wildman–Crippen LogP) is 3.00. The molecule has 7 heteroatoms. The molecule has 7 nitrogen and oxygen atoms in total. The van der Waals surface area contributed by atoms with Crippen LogP contribution in [0.15, 0.2) is 36.4 Å². The number of nitrogens with zero attached hydrogens (tertiary/aromatic N) is 2. The standard InChI is InChI=1S/C23H33N5O2/c1-23(2,3)19-14-20(28(27-19)16-10-6-5-7-11-16)26-21(29)15-25-18-13-9-8-12-17(18)22(30)24-4/h5-7,10-11,14,17-18,25H,8-9,12-13,15H2,1-4H3,(H,24,30)(H,26,29). The van der Waals surface area contributed by atoms with E-state index in [1.54, 1.807) is 11.7 Å². The van der Waals surface area contributed by atoms with Gasteiger partial charge in [-0.3, -0.25) is 9.59 Å². The number of nitrogens with one attached hydrogen (secondary N) is 3. The molecule has 0 aliphatic heterocycles. The summed E-state index contributed by atoms with van der Waals surface area (Å²) in [5.74, 6) is 0.460. The third-order valence-electron chi connectivity index (χ3n) is 5.62. The zero-order chi connectivity index (χ0) is 21.7. The van der Waals surface area contributed by atoms with Crippen LogP contribution in [0.3, 0.4) is 0 Å². The molecule has 2 amide bonds. The minimum atomic E-state index is -0.145. The molecule has 2 unspecified atom stereocenters. The number of para-hydroxylation sites is 1. The quantitative estimate of drug-likeness (QED) is 0.682. The van der Waals surface area contributed by atoms with E-state index in [4.69, 9.17) is 5.10 Å². The van der Waals surface area contributed by atoms with Crippen LogP contribution in [0.1, 0.15) is 52.1 Å².